The summed E-state index contributed by atoms with van der Waals surface area (Å²) in [5.74, 6) is 0. The summed E-state index contributed by atoms with van der Waals surface area (Å²) in [4.78, 5) is 0. The van der Waals surface area contributed by atoms with Crippen LogP contribution in [0.25, 0.3) is 0 Å². The van der Waals surface area contributed by atoms with Gasteiger partial charge < -0.3 is 10.4 Å². The van der Waals surface area contributed by atoms with E-state index in [1.165, 1.54) is 0 Å². The van der Waals surface area contributed by atoms with Crippen LogP contribution in [-0.4, -0.2) is 29.0 Å². The molecule has 3 atom stereocenters. The van der Waals surface area contributed by atoms with Crippen LogP contribution < -0.4 is 5.32 Å². The molecule has 2 saturated heterocycles. The third-order valence-corrected chi connectivity index (χ3v) is 3.03. The van der Waals surface area contributed by atoms with Crippen molar-refractivity contribution in [2.75, 3.05) is 0 Å². The minimum absolute atomic E-state index is 0.148. The Labute approximate surface area is 74.1 Å². The molecule has 0 amide bonds. The first kappa shape index (κ1) is 9.27. The van der Waals surface area contributed by atoms with E-state index in [1.54, 1.807) is 0 Å². The lowest BCUT2D eigenvalue weighted by Gasteiger charge is -2.38. The summed E-state index contributed by atoms with van der Waals surface area (Å²) >= 11 is 0. The average molecular weight is 195 g/mol. The second-order valence-corrected chi connectivity index (χ2v) is 4.08. The van der Waals surface area contributed by atoms with Gasteiger partial charge in [-0.25, -0.2) is 0 Å². The molecule has 2 aliphatic rings. The first-order valence-electron chi connectivity index (χ1n) is 4.46. The summed E-state index contributed by atoms with van der Waals surface area (Å²) in [5, 5.41) is 12.5. The van der Waals surface area contributed by atoms with Crippen LogP contribution in [0.15, 0.2) is 0 Å². The number of piperidine rings is 1. The minimum Gasteiger partial charge on any atom is -0.380 e. The Hall–Kier alpha value is -0.290. The Morgan fingerprint density at radius 2 is 1.62 bits per heavy atom. The van der Waals surface area contributed by atoms with Gasteiger partial charge in [0.1, 0.15) is 0 Å². The molecule has 0 aromatic carbocycles. The largest absolute Gasteiger partial charge is 0.417 e. The molecule has 0 aliphatic carbocycles. The highest BCUT2D eigenvalue weighted by molar-refractivity contribution is 5.03. The zero-order chi connectivity index (χ0) is 9.69. The van der Waals surface area contributed by atoms with Gasteiger partial charge in [-0.05, 0) is 12.8 Å². The van der Waals surface area contributed by atoms with Gasteiger partial charge in [-0.15, -0.1) is 0 Å². The predicted molar refractivity (Wildman–Crippen MR) is 40.2 cm³/mol. The Balaban J connectivity index is 2.17. The number of nitrogens with one attached hydrogen (secondary N) is 1. The lowest BCUT2D eigenvalue weighted by atomic mass is 9.87. The third kappa shape index (κ3) is 1.44. The van der Waals surface area contributed by atoms with E-state index in [0.717, 1.165) is 12.8 Å². The molecule has 0 aromatic rings. The molecule has 0 radical (unpaired) electrons. The fraction of sp³-hybridized carbons (Fsp3) is 1.00. The quantitative estimate of drug-likeness (QED) is 0.608. The molecule has 2 fully saturated rings. The molecular formula is C8H12F3NO. The molecule has 2 N–H and O–H groups in total. The van der Waals surface area contributed by atoms with E-state index in [1.807, 2.05) is 0 Å². The Bertz CT molecular complexity index is 204. The molecule has 76 valence electrons. The van der Waals surface area contributed by atoms with E-state index >= 15 is 0 Å². The predicted octanol–water partition coefficient (Wildman–Crippen LogP) is 1.19. The molecule has 0 aromatic heterocycles. The van der Waals surface area contributed by atoms with E-state index in [9.17, 15) is 18.3 Å². The van der Waals surface area contributed by atoms with Gasteiger partial charge in [-0.3, -0.25) is 0 Å². The maximum atomic E-state index is 12.4. The smallest absolute Gasteiger partial charge is 0.380 e. The molecule has 2 nitrogen and oxygen atoms in total. The van der Waals surface area contributed by atoms with E-state index in [0.29, 0.717) is 0 Å². The number of halogens is 3. The molecule has 0 saturated carbocycles. The molecule has 13 heavy (non-hydrogen) atoms. The number of fused-ring (bicyclic) bond motifs is 2. The first-order valence-corrected chi connectivity index (χ1v) is 4.46. The van der Waals surface area contributed by atoms with E-state index < -0.39 is 11.8 Å². The minimum atomic E-state index is -4.48. The number of rotatable bonds is 0. The fourth-order valence-electron chi connectivity index (χ4n) is 2.35. The Kier molecular flexibility index (Phi) is 1.86. The Morgan fingerprint density at radius 3 is 2.00 bits per heavy atom. The third-order valence-electron chi connectivity index (χ3n) is 3.03. The van der Waals surface area contributed by atoms with Crippen molar-refractivity contribution in [1.29, 1.82) is 0 Å². The lowest BCUT2D eigenvalue weighted by Crippen LogP contribution is -2.56. The van der Waals surface area contributed by atoms with Gasteiger partial charge in [0.05, 0.1) is 0 Å². The zero-order valence-electron chi connectivity index (χ0n) is 7.06. The summed E-state index contributed by atoms with van der Waals surface area (Å²) < 4.78 is 37.3. The maximum absolute atomic E-state index is 12.4. The first-order chi connectivity index (χ1) is 5.91. The zero-order valence-corrected chi connectivity index (χ0v) is 7.06. The topological polar surface area (TPSA) is 32.3 Å². The highest BCUT2D eigenvalue weighted by atomic mass is 19.4. The van der Waals surface area contributed by atoms with Gasteiger partial charge in [0.15, 0.2) is 5.60 Å². The summed E-state index contributed by atoms with van der Waals surface area (Å²) in [5.41, 5.74) is -2.44. The lowest BCUT2D eigenvalue weighted by molar-refractivity contribution is -0.271. The van der Waals surface area contributed by atoms with Crippen molar-refractivity contribution in [1.82, 2.24) is 5.32 Å². The number of hydrogen-bond acceptors (Lipinski definition) is 2. The van der Waals surface area contributed by atoms with Crippen molar-refractivity contribution in [3.05, 3.63) is 0 Å². The Morgan fingerprint density at radius 1 is 1.15 bits per heavy atom. The normalized spacial score (nSPS) is 45.2. The molecule has 2 bridgehead atoms. The number of aliphatic hydroxyl groups is 1. The van der Waals surface area contributed by atoms with Crippen molar-refractivity contribution in [3.63, 3.8) is 0 Å². The van der Waals surface area contributed by atoms with Crippen LogP contribution in [0.3, 0.4) is 0 Å². The molecule has 2 rings (SSSR count). The van der Waals surface area contributed by atoms with Crippen LogP contribution in [-0.2, 0) is 0 Å². The SMILES string of the molecule is O[C@@]1(C(F)(F)F)C[C@H]2CC[C@@H](C1)N2. The van der Waals surface area contributed by atoms with Crippen LogP contribution in [0.2, 0.25) is 0 Å². The van der Waals surface area contributed by atoms with Gasteiger partial charge in [0, 0.05) is 24.9 Å². The van der Waals surface area contributed by atoms with E-state index in [4.69, 9.17) is 0 Å². The molecule has 2 aliphatic heterocycles. The van der Waals surface area contributed by atoms with Crippen LogP contribution in [0.5, 0.6) is 0 Å². The van der Waals surface area contributed by atoms with Crippen molar-refractivity contribution in [3.8, 4) is 0 Å². The molecule has 0 unspecified atom stereocenters. The van der Waals surface area contributed by atoms with Gasteiger partial charge in [0.2, 0.25) is 0 Å². The van der Waals surface area contributed by atoms with Crippen molar-refractivity contribution < 1.29 is 18.3 Å². The van der Waals surface area contributed by atoms with E-state index in [2.05, 4.69) is 5.32 Å². The van der Waals surface area contributed by atoms with Crippen LogP contribution in [0, 0.1) is 0 Å². The average Bonchev–Trinajstić information content (AvgIpc) is 2.28. The van der Waals surface area contributed by atoms with Gasteiger partial charge in [-0.2, -0.15) is 13.2 Å². The van der Waals surface area contributed by atoms with Crippen molar-refractivity contribution in [2.24, 2.45) is 0 Å². The fourth-order valence-corrected chi connectivity index (χ4v) is 2.35. The molecule has 5 heteroatoms. The van der Waals surface area contributed by atoms with Gasteiger partial charge in [0.25, 0.3) is 0 Å². The number of hydrogen-bond donors (Lipinski definition) is 2. The van der Waals surface area contributed by atoms with Gasteiger partial charge >= 0.3 is 6.18 Å². The second-order valence-electron chi connectivity index (χ2n) is 4.08. The van der Waals surface area contributed by atoms with E-state index in [-0.39, 0.29) is 24.9 Å². The summed E-state index contributed by atoms with van der Waals surface area (Å²) in [6.07, 6.45) is -3.35. The molecule has 0 spiro atoms. The second kappa shape index (κ2) is 2.60. The summed E-state index contributed by atoms with van der Waals surface area (Å²) in [7, 11) is 0. The van der Waals surface area contributed by atoms with Crippen molar-refractivity contribution >= 4 is 0 Å². The summed E-state index contributed by atoms with van der Waals surface area (Å²) in [6, 6.07) is -0.296. The van der Waals surface area contributed by atoms with Crippen LogP contribution in [0.1, 0.15) is 25.7 Å². The summed E-state index contributed by atoms with van der Waals surface area (Å²) in [6.45, 7) is 0. The standard InChI is InChI=1S/C8H12F3NO/c9-8(10,11)7(13)3-5-1-2-6(4-7)12-5/h5-6,12-13H,1-4H2/t5-,6+,7+. The number of alkyl halides is 3. The monoisotopic (exact) mass is 195 g/mol. The highest BCUT2D eigenvalue weighted by Crippen LogP contribution is 2.43. The maximum Gasteiger partial charge on any atom is 0.417 e. The van der Waals surface area contributed by atoms with Crippen molar-refractivity contribution in [2.45, 2.75) is 49.5 Å². The van der Waals surface area contributed by atoms with Crippen LogP contribution in [0.4, 0.5) is 13.2 Å². The highest BCUT2D eigenvalue weighted by Gasteiger charge is 2.58. The molecule has 2 heterocycles. The van der Waals surface area contributed by atoms with Gasteiger partial charge in [-0.1, -0.05) is 0 Å². The van der Waals surface area contributed by atoms with Crippen LogP contribution >= 0.6 is 0 Å². The molecular weight excluding hydrogens is 183 g/mol.